The molecule has 1 heterocycles. The second-order valence-electron chi connectivity index (χ2n) is 7.46. The minimum atomic E-state index is -3.75. The van der Waals surface area contributed by atoms with Gasteiger partial charge in [0.15, 0.2) is 0 Å². The molecular formula is C17H25N3O5S. The predicted molar refractivity (Wildman–Crippen MR) is 98.0 cm³/mol. The van der Waals surface area contributed by atoms with Crippen LogP contribution in [-0.4, -0.2) is 42.7 Å². The number of carbonyl (C=O) groups is 2. The van der Waals surface area contributed by atoms with Gasteiger partial charge in [-0.15, -0.1) is 0 Å². The average Bonchev–Trinajstić information content (AvgIpc) is 2.82. The first-order valence-electron chi connectivity index (χ1n) is 8.24. The lowest BCUT2D eigenvalue weighted by atomic mass is 10.1. The Kier molecular flexibility index (Phi) is 5.62. The van der Waals surface area contributed by atoms with Crippen molar-refractivity contribution in [3.63, 3.8) is 0 Å². The number of hydrogen-bond acceptors (Lipinski definition) is 5. The summed E-state index contributed by atoms with van der Waals surface area (Å²) < 4.78 is 28.2. The van der Waals surface area contributed by atoms with Crippen molar-refractivity contribution in [2.75, 3.05) is 11.9 Å². The first-order valence-corrected chi connectivity index (χ1v) is 9.85. The van der Waals surface area contributed by atoms with Crippen LogP contribution in [-0.2, 0) is 26.1 Å². The van der Waals surface area contributed by atoms with Gasteiger partial charge in [0.2, 0.25) is 15.9 Å². The number of carbonyl (C=O) groups excluding carboxylic acids is 2. The van der Waals surface area contributed by atoms with Crippen LogP contribution in [0.5, 0.6) is 0 Å². The molecule has 0 saturated carbocycles. The molecule has 0 radical (unpaired) electrons. The van der Waals surface area contributed by atoms with Crippen LogP contribution in [0.4, 0.5) is 10.5 Å². The van der Waals surface area contributed by atoms with Crippen LogP contribution in [0.3, 0.4) is 0 Å². The highest BCUT2D eigenvalue weighted by atomic mass is 32.2. The number of amides is 2. The van der Waals surface area contributed by atoms with Gasteiger partial charge >= 0.3 is 6.09 Å². The molecule has 1 aromatic carbocycles. The third kappa shape index (κ3) is 5.43. The van der Waals surface area contributed by atoms with Crippen LogP contribution >= 0.6 is 0 Å². The smallest absolute Gasteiger partial charge is 0.412 e. The number of aryl methyl sites for hydroxylation is 1. The van der Waals surface area contributed by atoms with Crippen LogP contribution < -0.4 is 10.5 Å². The zero-order valence-electron chi connectivity index (χ0n) is 15.4. The molecule has 1 fully saturated rings. The molecule has 1 atom stereocenters. The molecule has 1 aliphatic heterocycles. The fourth-order valence-electron chi connectivity index (χ4n) is 2.66. The summed E-state index contributed by atoms with van der Waals surface area (Å²) in [5.74, 6) is -0.256. The van der Waals surface area contributed by atoms with Gasteiger partial charge in [0, 0.05) is 25.2 Å². The minimum Gasteiger partial charge on any atom is -0.444 e. The van der Waals surface area contributed by atoms with Crippen LogP contribution in [0.2, 0.25) is 0 Å². The van der Waals surface area contributed by atoms with E-state index in [4.69, 9.17) is 9.88 Å². The van der Waals surface area contributed by atoms with E-state index in [0.717, 1.165) is 11.1 Å². The van der Waals surface area contributed by atoms with Crippen molar-refractivity contribution in [2.45, 2.75) is 51.5 Å². The maximum atomic E-state index is 12.1. The summed E-state index contributed by atoms with van der Waals surface area (Å²) in [5.41, 5.74) is 1.66. The topological polar surface area (TPSA) is 119 Å². The van der Waals surface area contributed by atoms with Gasteiger partial charge in [-0.2, -0.15) is 0 Å². The number of benzene rings is 1. The Bertz CT molecular complexity index is 814. The standard InChI is InChI=1S/C17H25N3O5S/c1-11-5-6-13(19-16(22)25-17(2,3)4)7-12(11)9-20-10-14(8-15(20)21)26(18,23)24/h5-7,14H,8-10H2,1-4H3,(H,19,22)(H2,18,23,24). The van der Waals surface area contributed by atoms with Crippen molar-refractivity contribution in [2.24, 2.45) is 5.14 Å². The molecule has 0 bridgehead atoms. The molecule has 2 rings (SSSR count). The number of nitrogens with zero attached hydrogens (tertiary/aromatic N) is 1. The molecule has 0 spiro atoms. The minimum absolute atomic E-state index is 0.0703. The van der Waals surface area contributed by atoms with E-state index in [0.29, 0.717) is 5.69 Å². The van der Waals surface area contributed by atoms with Gasteiger partial charge in [0.25, 0.3) is 0 Å². The first-order chi connectivity index (χ1) is 11.8. The van der Waals surface area contributed by atoms with Crippen LogP contribution in [0.25, 0.3) is 0 Å². The largest absolute Gasteiger partial charge is 0.444 e. The predicted octanol–water partition coefficient (Wildman–Crippen LogP) is 1.73. The Morgan fingerprint density at radius 1 is 1.38 bits per heavy atom. The molecule has 1 aromatic rings. The van der Waals surface area contributed by atoms with Crippen molar-refractivity contribution < 1.29 is 22.7 Å². The molecule has 3 N–H and O–H groups in total. The zero-order valence-corrected chi connectivity index (χ0v) is 16.2. The molecule has 0 aromatic heterocycles. The van der Waals surface area contributed by atoms with Crippen molar-refractivity contribution in [3.8, 4) is 0 Å². The molecule has 9 heteroatoms. The van der Waals surface area contributed by atoms with Crippen LogP contribution in [0.1, 0.15) is 38.3 Å². The second-order valence-corrected chi connectivity index (χ2v) is 9.30. The third-order valence-electron chi connectivity index (χ3n) is 4.00. The van der Waals surface area contributed by atoms with Gasteiger partial charge in [-0.3, -0.25) is 10.1 Å². The fraction of sp³-hybridized carbons (Fsp3) is 0.529. The highest BCUT2D eigenvalue weighted by molar-refractivity contribution is 7.89. The quantitative estimate of drug-likeness (QED) is 0.821. The summed E-state index contributed by atoms with van der Waals surface area (Å²) >= 11 is 0. The summed E-state index contributed by atoms with van der Waals surface area (Å²) in [6, 6.07) is 5.30. The van der Waals surface area contributed by atoms with E-state index in [-0.39, 0.29) is 25.4 Å². The highest BCUT2D eigenvalue weighted by Gasteiger charge is 2.36. The van der Waals surface area contributed by atoms with E-state index >= 15 is 0 Å². The number of hydrogen-bond donors (Lipinski definition) is 2. The number of sulfonamides is 1. The van der Waals surface area contributed by atoms with Crippen molar-refractivity contribution in [1.29, 1.82) is 0 Å². The number of nitrogens with two attached hydrogens (primary N) is 1. The summed E-state index contributed by atoms with van der Waals surface area (Å²) in [6.07, 6.45) is -0.674. The third-order valence-corrected chi connectivity index (χ3v) is 5.24. The van der Waals surface area contributed by atoms with Crippen molar-refractivity contribution in [1.82, 2.24) is 4.90 Å². The van der Waals surface area contributed by atoms with E-state index < -0.39 is 27.0 Å². The lowest BCUT2D eigenvalue weighted by molar-refractivity contribution is -0.128. The van der Waals surface area contributed by atoms with E-state index in [1.54, 1.807) is 32.9 Å². The number of ether oxygens (including phenoxy) is 1. The van der Waals surface area contributed by atoms with Crippen LogP contribution in [0.15, 0.2) is 18.2 Å². The van der Waals surface area contributed by atoms with Gasteiger partial charge in [-0.05, 0) is 51.0 Å². The number of nitrogens with one attached hydrogen (secondary N) is 1. The average molecular weight is 383 g/mol. The van der Waals surface area contributed by atoms with Gasteiger partial charge < -0.3 is 9.64 Å². The SMILES string of the molecule is Cc1ccc(NC(=O)OC(C)(C)C)cc1CN1CC(S(N)(=O)=O)CC1=O. The number of primary sulfonamides is 1. The molecule has 1 aliphatic rings. The molecule has 144 valence electrons. The van der Waals surface area contributed by atoms with E-state index in [1.165, 1.54) is 4.90 Å². The van der Waals surface area contributed by atoms with E-state index in [9.17, 15) is 18.0 Å². The maximum Gasteiger partial charge on any atom is 0.412 e. The molecule has 8 nitrogen and oxygen atoms in total. The monoisotopic (exact) mass is 383 g/mol. The number of anilines is 1. The summed E-state index contributed by atoms with van der Waals surface area (Å²) in [6.45, 7) is 7.52. The molecule has 1 unspecified atom stereocenters. The van der Waals surface area contributed by atoms with Gasteiger partial charge in [-0.1, -0.05) is 6.07 Å². The summed E-state index contributed by atoms with van der Waals surface area (Å²) in [4.78, 5) is 25.4. The lowest BCUT2D eigenvalue weighted by Gasteiger charge is -2.21. The van der Waals surface area contributed by atoms with Gasteiger partial charge in [-0.25, -0.2) is 18.4 Å². The van der Waals surface area contributed by atoms with E-state index in [1.807, 2.05) is 13.0 Å². The Morgan fingerprint density at radius 2 is 2.04 bits per heavy atom. The van der Waals surface area contributed by atoms with Crippen LogP contribution in [0, 0.1) is 6.92 Å². The second kappa shape index (κ2) is 7.24. The van der Waals surface area contributed by atoms with Crippen molar-refractivity contribution in [3.05, 3.63) is 29.3 Å². The van der Waals surface area contributed by atoms with Gasteiger partial charge in [0.05, 0.1) is 0 Å². The van der Waals surface area contributed by atoms with Gasteiger partial charge in [0.1, 0.15) is 10.9 Å². The normalized spacial score (nSPS) is 18.1. The highest BCUT2D eigenvalue weighted by Crippen LogP contribution is 2.23. The molecule has 2 amide bonds. The Labute approximate surface area is 153 Å². The van der Waals surface area contributed by atoms with Crippen molar-refractivity contribution >= 4 is 27.7 Å². The maximum absolute atomic E-state index is 12.1. The lowest BCUT2D eigenvalue weighted by Crippen LogP contribution is -2.32. The number of rotatable bonds is 4. The summed E-state index contributed by atoms with van der Waals surface area (Å²) in [5, 5.41) is 6.93. The Morgan fingerprint density at radius 3 is 2.58 bits per heavy atom. The Balaban J connectivity index is 2.11. The van der Waals surface area contributed by atoms with E-state index in [2.05, 4.69) is 5.32 Å². The molecule has 0 aliphatic carbocycles. The molecular weight excluding hydrogens is 358 g/mol. The molecule has 1 saturated heterocycles. The summed E-state index contributed by atoms with van der Waals surface area (Å²) in [7, 11) is -3.75. The number of likely N-dealkylation sites (tertiary alicyclic amines) is 1. The Hall–Kier alpha value is -2.13. The first kappa shape index (κ1) is 20.2. The molecule has 26 heavy (non-hydrogen) atoms. The fourth-order valence-corrected chi connectivity index (χ4v) is 3.42. The zero-order chi connectivity index (χ0) is 19.7.